The zero-order chi connectivity index (χ0) is 25.8. The molecule has 4 rings (SSSR count). The van der Waals surface area contributed by atoms with Crippen LogP contribution in [0.4, 0.5) is 0 Å². The number of imidazole rings is 1. The molecule has 1 unspecified atom stereocenters. The number of rotatable bonds is 8. The van der Waals surface area contributed by atoms with Gasteiger partial charge in [0, 0.05) is 45.8 Å². The summed E-state index contributed by atoms with van der Waals surface area (Å²) in [5.41, 5.74) is 10.5. The first-order valence-corrected chi connectivity index (χ1v) is 14.3. The van der Waals surface area contributed by atoms with Crippen LogP contribution in [-0.2, 0) is 21.8 Å². The van der Waals surface area contributed by atoms with E-state index in [-0.39, 0.29) is 11.2 Å². The van der Waals surface area contributed by atoms with Gasteiger partial charge in [-0.3, -0.25) is 10.7 Å². The lowest BCUT2D eigenvalue weighted by Gasteiger charge is -2.43. The van der Waals surface area contributed by atoms with Gasteiger partial charge in [0.15, 0.2) is 10.9 Å². The minimum Gasteiger partial charge on any atom is -0.381 e. The summed E-state index contributed by atoms with van der Waals surface area (Å²) in [4.78, 5) is 9.49. The summed E-state index contributed by atoms with van der Waals surface area (Å²) in [6.45, 7) is 2.41. The molecule has 14 heteroatoms. The largest absolute Gasteiger partial charge is 0.381 e. The normalized spacial score (nSPS) is 24.8. The Hall–Kier alpha value is -2.39. The minimum absolute atomic E-state index is 0.0763. The first kappa shape index (κ1) is 26.7. The predicted molar refractivity (Wildman–Crippen MR) is 143 cm³/mol. The third-order valence-corrected chi connectivity index (χ3v) is 8.10. The molecule has 0 aromatic carbocycles. The number of nitrogens with zero attached hydrogens (tertiary/aromatic N) is 5. The third-order valence-electron chi connectivity index (χ3n) is 6.70. The molecular weight excluding hydrogens is 502 g/mol. The highest BCUT2D eigenvalue weighted by Gasteiger charge is 2.39. The molecule has 0 saturated carbocycles. The molecule has 3 aliphatic rings. The van der Waals surface area contributed by atoms with Gasteiger partial charge in [-0.15, -0.1) is 0 Å². The van der Waals surface area contributed by atoms with Crippen molar-refractivity contribution >= 4 is 39.3 Å². The maximum atomic E-state index is 12.0. The van der Waals surface area contributed by atoms with Gasteiger partial charge in [0.1, 0.15) is 0 Å². The second-order valence-electron chi connectivity index (χ2n) is 9.55. The third kappa shape index (κ3) is 6.88. The Morgan fingerprint density at radius 1 is 1.36 bits per heavy atom. The van der Waals surface area contributed by atoms with Gasteiger partial charge in [-0.25, -0.2) is 22.7 Å². The Morgan fingerprint density at radius 2 is 2.08 bits per heavy atom. The summed E-state index contributed by atoms with van der Waals surface area (Å²) in [5.74, 6) is -0.420. The van der Waals surface area contributed by atoms with Gasteiger partial charge in [-0.05, 0) is 49.9 Å². The zero-order valence-corrected chi connectivity index (χ0v) is 22.3. The number of ether oxygens (including phenoxy) is 1. The van der Waals surface area contributed by atoms with E-state index < -0.39 is 15.8 Å². The van der Waals surface area contributed by atoms with Crippen LogP contribution in [0.15, 0.2) is 34.4 Å². The van der Waals surface area contributed by atoms with Gasteiger partial charge in [0.2, 0.25) is 10.0 Å². The number of allylic oxidation sites excluding steroid dienone is 2. The van der Waals surface area contributed by atoms with Crippen molar-refractivity contribution in [2.75, 3.05) is 32.6 Å². The number of aliphatic imine (C=N–C) groups is 1. The molecule has 2 saturated heterocycles. The summed E-state index contributed by atoms with van der Waals surface area (Å²) in [6, 6.07) is 0.0814. The summed E-state index contributed by atoms with van der Waals surface area (Å²) in [6.07, 6.45) is 12.4. The number of thiocarbonyl (C=S) groups is 1. The molecule has 0 amide bonds. The SMILES string of the molecule is Cn1cncc1C1=NC(CC2CCOCC2)(NC2CCN(S(C)(=O)=O)CC2)NC(C=NNC(N)=S)=C1. The number of hydrogen-bond donors (Lipinski definition) is 4. The Morgan fingerprint density at radius 3 is 2.69 bits per heavy atom. The fraction of sp³-hybridized carbons (Fsp3) is 0.636. The average Bonchev–Trinajstić information content (AvgIpc) is 3.25. The van der Waals surface area contributed by atoms with Crippen molar-refractivity contribution in [3.05, 3.63) is 30.0 Å². The van der Waals surface area contributed by atoms with Crippen molar-refractivity contribution in [1.29, 1.82) is 0 Å². The smallest absolute Gasteiger partial charge is 0.211 e. The number of nitrogens with one attached hydrogen (secondary N) is 3. The summed E-state index contributed by atoms with van der Waals surface area (Å²) < 4.78 is 33.1. The molecule has 1 aromatic rings. The fourth-order valence-electron chi connectivity index (χ4n) is 4.92. The van der Waals surface area contributed by atoms with Crippen LogP contribution in [-0.4, -0.2) is 83.7 Å². The van der Waals surface area contributed by atoms with Crippen molar-refractivity contribution in [3.63, 3.8) is 0 Å². The molecule has 198 valence electrons. The first-order valence-electron chi connectivity index (χ1n) is 12.1. The standard InChI is InChI=1S/C22H35N9O3S2/c1-30-15-24-14-20(30)19-11-18(13-25-29-21(23)35)27-22(28-19,12-16-5-9-34-10-6-16)26-17-3-7-31(8-4-17)36(2,32)33/h11,13-17,26-27H,3-10,12H2,1-2H3,(H3,23,29,35). The molecule has 1 atom stereocenters. The van der Waals surface area contributed by atoms with Gasteiger partial charge in [-0.2, -0.15) is 5.10 Å². The Labute approximate surface area is 217 Å². The van der Waals surface area contributed by atoms with Gasteiger partial charge in [-0.1, -0.05) is 0 Å². The Bertz CT molecular complexity index is 1130. The van der Waals surface area contributed by atoms with E-state index in [2.05, 4.69) is 26.1 Å². The van der Waals surface area contributed by atoms with Crippen molar-refractivity contribution in [2.45, 2.75) is 43.9 Å². The summed E-state index contributed by atoms with van der Waals surface area (Å²) in [7, 11) is -1.28. The first-order chi connectivity index (χ1) is 17.1. The van der Waals surface area contributed by atoms with Crippen LogP contribution < -0.4 is 21.8 Å². The number of sulfonamides is 1. The summed E-state index contributed by atoms with van der Waals surface area (Å²) in [5, 5.41) is 11.6. The van der Waals surface area contributed by atoms with Gasteiger partial charge in [0.05, 0.1) is 42.1 Å². The van der Waals surface area contributed by atoms with Crippen LogP contribution in [0.2, 0.25) is 0 Å². The summed E-state index contributed by atoms with van der Waals surface area (Å²) >= 11 is 4.87. The molecule has 0 aliphatic carbocycles. The molecule has 5 N–H and O–H groups in total. The van der Waals surface area contributed by atoms with E-state index in [1.54, 1.807) is 18.7 Å². The van der Waals surface area contributed by atoms with Gasteiger partial charge < -0.3 is 20.4 Å². The van der Waals surface area contributed by atoms with Crippen LogP contribution in [0.5, 0.6) is 0 Å². The van der Waals surface area contributed by atoms with Crippen molar-refractivity contribution in [2.24, 2.45) is 28.8 Å². The lowest BCUT2D eigenvalue weighted by molar-refractivity contribution is 0.0480. The van der Waals surface area contributed by atoms with Crippen LogP contribution in [0.3, 0.4) is 0 Å². The van der Waals surface area contributed by atoms with Crippen LogP contribution in [0.25, 0.3) is 0 Å². The maximum absolute atomic E-state index is 12.0. The maximum Gasteiger partial charge on any atom is 0.211 e. The van der Waals surface area contributed by atoms with E-state index in [0.29, 0.717) is 31.8 Å². The Balaban J connectivity index is 1.65. The van der Waals surface area contributed by atoms with Crippen molar-refractivity contribution in [1.82, 2.24) is 29.9 Å². The van der Waals surface area contributed by atoms with Crippen molar-refractivity contribution in [3.8, 4) is 0 Å². The average molecular weight is 538 g/mol. The van der Waals surface area contributed by atoms with Crippen LogP contribution in [0, 0.1) is 5.92 Å². The highest BCUT2D eigenvalue weighted by atomic mass is 32.2. The second-order valence-corrected chi connectivity index (χ2v) is 12.0. The number of hydrogen-bond acceptors (Lipinski definition) is 9. The zero-order valence-electron chi connectivity index (χ0n) is 20.7. The highest BCUT2D eigenvalue weighted by molar-refractivity contribution is 7.88. The van der Waals surface area contributed by atoms with E-state index in [1.165, 1.54) is 10.6 Å². The minimum atomic E-state index is -3.20. The van der Waals surface area contributed by atoms with Gasteiger partial charge in [0.25, 0.3) is 0 Å². The monoisotopic (exact) mass is 537 g/mol. The topological polar surface area (TPSA) is 151 Å². The molecule has 0 spiro atoms. The molecule has 2 fully saturated rings. The molecule has 12 nitrogen and oxygen atoms in total. The van der Waals surface area contributed by atoms with Crippen LogP contribution in [0.1, 0.15) is 37.8 Å². The number of hydrazone groups is 1. The predicted octanol–water partition coefficient (Wildman–Crippen LogP) is -0.000600. The van der Waals surface area contributed by atoms with E-state index in [9.17, 15) is 8.42 Å². The van der Waals surface area contributed by atoms with E-state index in [4.69, 9.17) is 27.7 Å². The molecule has 0 bridgehead atoms. The number of aromatic nitrogens is 2. The van der Waals surface area contributed by atoms with Gasteiger partial charge >= 0.3 is 0 Å². The quantitative estimate of drug-likeness (QED) is 0.204. The highest BCUT2D eigenvalue weighted by Crippen LogP contribution is 2.30. The molecule has 4 heterocycles. The Kier molecular flexibility index (Phi) is 8.40. The van der Waals surface area contributed by atoms with Crippen molar-refractivity contribution < 1.29 is 13.2 Å². The van der Waals surface area contributed by atoms with Crippen LogP contribution >= 0.6 is 12.2 Å². The number of piperidine rings is 1. The number of nitrogens with two attached hydrogens (primary N) is 1. The van der Waals surface area contributed by atoms with E-state index >= 15 is 0 Å². The lowest BCUT2D eigenvalue weighted by atomic mass is 9.90. The molecule has 36 heavy (non-hydrogen) atoms. The lowest BCUT2D eigenvalue weighted by Crippen LogP contribution is -2.62. The molecule has 0 radical (unpaired) electrons. The van der Waals surface area contributed by atoms with E-state index in [1.807, 2.05) is 17.7 Å². The second kappa shape index (κ2) is 11.3. The molecule has 1 aromatic heterocycles. The molecular formula is C22H35N9O3S2. The fourth-order valence-corrected chi connectivity index (χ4v) is 5.85. The molecule has 3 aliphatic heterocycles. The number of aryl methyl sites for hydroxylation is 1. The van der Waals surface area contributed by atoms with E-state index in [0.717, 1.165) is 49.6 Å².